The van der Waals surface area contributed by atoms with Gasteiger partial charge < -0.3 is 10.1 Å². The third-order valence-corrected chi connectivity index (χ3v) is 3.00. The summed E-state index contributed by atoms with van der Waals surface area (Å²) >= 11 is 3.17. The van der Waals surface area contributed by atoms with Crippen LogP contribution in [-0.4, -0.2) is 19.8 Å². The fraction of sp³-hybridized carbons (Fsp3) is 0.500. The predicted octanol–water partition coefficient (Wildman–Crippen LogP) is 3.10. The van der Waals surface area contributed by atoms with Gasteiger partial charge in [0.15, 0.2) is 0 Å². The third kappa shape index (κ3) is 4.60. The highest BCUT2D eigenvalue weighted by Gasteiger charge is 2.03. The summed E-state index contributed by atoms with van der Waals surface area (Å²) in [4.78, 5) is 0. The Morgan fingerprint density at radius 2 is 2.25 bits per heavy atom. The average Bonchev–Trinajstić information content (AvgIpc) is 2.28. The number of ether oxygens (including phenoxy) is 1. The van der Waals surface area contributed by atoms with E-state index in [2.05, 4.69) is 28.2 Å². The molecule has 1 aromatic rings. The van der Waals surface area contributed by atoms with Gasteiger partial charge in [0.1, 0.15) is 5.82 Å². The van der Waals surface area contributed by atoms with E-state index in [-0.39, 0.29) is 5.82 Å². The summed E-state index contributed by atoms with van der Waals surface area (Å²) < 4.78 is 18.5. The lowest BCUT2D eigenvalue weighted by atomic mass is 10.2. The summed E-state index contributed by atoms with van der Waals surface area (Å²) in [5.74, 6) is -0.226. The lowest BCUT2D eigenvalue weighted by molar-refractivity contribution is 0.184. The van der Waals surface area contributed by atoms with Crippen LogP contribution in [-0.2, 0) is 11.3 Å². The highest BCUT2D eigenvalue weighted by molar-refractivity contribution is 9.10. The molecule has 0 aliphatic heterocycles. The van der Waals surface area contributed by atoms with Crippen LogP contribution in [0.2, 0.25) is 0 Å². The first kappa shape index (κ1) is 13.6. The van der Waals surface area contributed by atoms with Gasteiger partial charge in [0.05, 0.1) is 4.47 Å². The summed E-state index contributed by atoms with van der Waals surface area (Å²) in [6.45, 7) is 3.60. The van der Waals surface area contributed by atoms with Crippen molar-refractivity contribution in [3.05, 3.63) is 34.1 Å². The molecule has 1 atom stereocenters. The Morgan fingerprint density at radius 3 is 2.88 bits per heavy atom. The fourth-order valence-corrected chi connectivity index (χ4v) is 1.76. The summed E-state index contributed by atoms with van der Waals surface area (Å²) in [6, 6.07) is 5.45. The number of benzene rings is 1. The minimum absolute atomic E-state index is 0.226. The second-order valence-corrected chi connectivity index (χ2v) is 4.67. The molecule has 1 unspecified atom stereocenters. The molecule has 0 aliphatic carbocycles. The van der Waals surface area contributed by atoms with Gasteiger partial charge in [-0.3, -0.25) is 0 Å². The zero-order chi connectivity index (χ0) is 12.0. The van der Waals surface area contributed by atoms with Crippen molar-refractivity contribution in [3.8, 4) is 0 Å². The average molecular weight is 290 g/mol. The van der Waals surface area contributed by atoms with Crippen LogP contribution in [0.25, 0.3) is 0 Å². The van der Waals surface area contributed by atoms with E-state index in [9.17, 15) is 4.39 Å². The van der Waals surface area contributed by atoms with Crippen LogP contribution in [0.1, 0.15) is 18.9 Å². The molecule has 1 aromatic carbocycles. The molecular weight excluding hydrogens is 273 g/mol. The maximum atomic E-state index is 13.0. The lowest BCUT2D eigenvalue weighted by Crippen LogP contribution is -2.26. The summed E-state index contributed by atoms with van der Waals surface area (Å²) in [7, 11) is 1.70. The van der Waals surface area contributed by atoms with Crippen molar-refractivity contribution < 1.29 is 9.13 Å². The van der Waals surface area contributed by atoms with Crippen LogP contribution in [0.15, 0.2) is 22.7 Å². The molecule has 0 aromatic heterocycles. The molecule has 0 bridgehead atoms. The first-order chi connectivity index (χ1) is 7.63. The Hall–Kier alpha value is -0.450. The van der Waals surface area contributed by atoms with E-state index in [4.69, 9.17) is 4.74 Å². The number of hydrogen-bond donors (Lipinski definition) is 1. The maximum absolute atomic E-state index is 13.0. The molecule has 90 valence electrons. The van der Waals surface area contributed by atoms with Crippen molar-refractivity contribution in [2.45, 2.75) is 25.9 Å². The van der Waals surface area contributed by atoms with E-state index < -0.39 is 0 Å². The molecule has 2 nitrogen and oxygen atoms in total. The summed E-state index contributed by atoms with van der Waals surface area (Å²) in [6.07, 6.45) is 0.971. The molecule has 0 saturated heterocycles. The van der Waals surface area contributed by atoms with Gasteiger partial charge >= 0.3 is 0 Å². The van der Waals surface area contributed by atoms with Gasteiger partial charge in [-0.25, -0.2) is 4.39 Å². The minimum atomic E-state index is -0.226. The molecule has 4 heteroatoms. The zero-order valence-electron chi connectivity index (χ0n) is 9.59. The second-order valence-electron chi connectivity index (χ2n) is 3.81. The van der Waals surface area contributed by atoms with Crippen molar-refractivity contribution in [1.29, 1.82) is 0 Å². The zero-order valence-corrected chi connectivity index (χ0v) is 11.2. The maximum Gasteiger partial charge on any atom is 0.137 e. The highest BCUT2D eigenvalue weighted by Crippen LogP contribution is 2.16. The predicted molar refractivity (Wildman–Crippen MR) is 66.9 cm³/mol. The Labute approximate surface area is 104 Å². The Balaban J connectivity index is 2.39. The van der Waals surface area contributed by atoms with Gasteiger partial charge in [0.2, 0.25) is 0 Å². The molecular formula is C12H17BrFNO. The van der Waals surface area contributed by atoms with Crippen molar-refractivity contribution in [3.63, 3.8) is 0 Å². The minimum Gasteiger partial charge on any atom is -0.385 e. The van der Waals surface area contributed by atoms with Crippen molar-refractivity contribution >= 4 is 15.9 Å². The van der Waals surface area contributed by atoms with Crippen LogP contribution in [0.3, 0.4) is 0 Å². The standard InChI is InChI=1S/C12H17BrFNO/c1-9(5-6-16-2)15-8-10-3-4-12(14)11(13)7-10/h3-4,7,9,15H,5-6,8H2,1-2H3. The van der Waals surface area contributed by atoms with Crippen LogP contribution in [0.4, 0.5) is 4.39 Å². The number of hydrogen-bond acceptors (Lipinski definition) is 2. The van der Waals surface area contributed by atoms with Crippen molar-refractivity contribution in [2.24, 2.45) is 0 Å². The van der Waals surface area contributed by atoms with Gasteiger partial charge in [-0.15, -0.1) is 0 Å². The molecule has 0 heterocycles. The second kappa shape index (κ2) is 6.99. The number of methoxy groups -OCH3 is 1. The van der Waals surface area contributed by atoms with Crippen molar-refractivity contribution in [1.82, 2.24) is 5.32 Å². The number of rotatable bonds is 6. The van der Waals surface area contributed by atoms with Gasteiger partial charge in [0, 0.05) is 26.3 Å². The molecule has 0 saturated carbocycles. The molecule has 1 N–H and O–H groups in total. The summed E-state index contributed by atoms with van der Waals surface area (Å²) in [5, 5.41) is 3.36. The highest BCUT2D eigenvalue weighted by atomic mass is 79.9. The SMILES string of the molecule is COCCC(C)NCc1ccc(F)c(Br)c1. The van der Waals surface area contributed by atoms with Gasteiger partial charge in [0.25, 0.3) is 0 Å². The van der Waals surface area contributed by atoms with Crippen LogP contribution < -0.4 is 5.32 Å². The molecule has 0 aliphatic rings. The van der Waals surface area contributed by atoms with E-state index >= 15 is 0 Å². The number of nitrogens with one attached hydrogen (secondary N) is 1. The van der Waals surface area contributed by atoms with E-state index in [1.54, 1.807) is 19.2 Å². The van der Waals surface area contributed by atoms with E-state index in [1.165, 1.54) is 6.07 Å². The molecule has 1 rings (SSSR count). The molecule has 0 spiro atoms. The van der Waals surface area contributed by atoms with E-state index in [0.29, 0.717) is 10.5 Å². The molecule has 0 fully saturated rings. The third-order valence-electron chi connectivity index (χ3n) is 2.39. The largest absolute Gasteiger partial charge is 0.385 e. The van der Waals surface area contributed by atoms with E-state index in [0.717, 1.165) is 25.1 Å². The lowest BCUT2D eigenvalue weighted by Gasteiger charge is -2.13. The first-order valence-corrected chi connectivity index (χ1v) is 6.09. The Morgan fingerprint density at radius 1 is 1.50 bits per heavy atom. The van der Waals surface area contributed by atoms with Gasteiger partial charge in [-0.05, 0) is 47.0 Å². The topological polar surface area (TPSA) is 21.3 Å². The molecule has 16 heavy (non-hydrogen) atoms. The van der Waals surface area contributed by atoms with E-state index in [1.807, 2.05) is 0 Å². The van der Waals surface area contributed by atoms with Gasteiger partial charge in [-0.1, -0.05) is 6.07 Å². The fourth-order valence-electron chi connectivity index (χ4n) is 1.34. The van der Waals surface area contributed by atoms with Crippen LogP contribution in [0.5, 0.6) is 0 Å². The summed E-state index contributed by atoms with van der Waals surface area (Å²) in [5.41, 5.74) is 1.07. The monoisotopic (exact) mass is 289 g/mol. The Bertz CT molecular complexity index is 333. The van der Waals surface area contributed by atoms with Crippen LogP contribution in [0, 0.1) is 5.82 Å². The quantitative estimate of drug-likeness (QED) is 0.869. The molecule has 0 radical (unpaired) electrons. The van der Waals surface area contributed by atoms with Gasteiger partial charge in [-0.2, -0.15) is 0 Å². The normalized spacial score (nSPS) is 12.8. The Kier molecular flexibility index (Phi) is 5.95. The van der Waals surface area contributed by atoms with Crippen molar-refractivity contribution in [2.75, 3.05) is 13.7 Å². The number of halogens is 2. The molecule has 0 amide bonds. The van der Waals surface area contributed by atoms with Crippen LogP contribution >= 0.6 is 15.9 Å². The smallest absolute Gasteiger partial charge is 0.137 e. The first-order valence-electron chi connectivity index (χ1n) is 5.29.